The van der Waals surface area contributed by atoms with Crippen molar-refractivity contribution in [3.05, 3.63) is 89.4 Å². The molecule has 7 nitrogen and oxygen atoms in total. The summed E-state index contributed by atoms with van der Waals surface area (Å²) >= 11 is 5.88. The van der Waals surface area contributed by atoms with Gasteiger partial charge in [0.15, 0.2) is 0 Å². The van der Waals surface area contributed by atoms with Crippen molar-refractivity contribution >= 4 is 21.6 Å². The van der Waals surface area contributed by atoms with Crippen LogP contribution in [0.15, 0.2) is 80.7 Å². The first-order valence-corrected chi connectivity index (χ1v) is 10.6. The lowest BCUT2D eigenvalue weighted by molar-refractivity contribution is 0.324. The molecule has 0 fully saturated rings. The van der Waals surface area contributed by atoms with Gasteiger partial charge in [-0.2, -0.15) is 4.31 Å². The maximum Gasteiger partial charge on any atom is 0.247 e. The molecule has 30 heavy (non-hydrogen) atoms. The summed E-state index contributed by atoms with van der Waals surface area (Å²) < 4.78 is 52.4. The predicted molar refractivity (Wildman–Crippen MR) is 106 cm³/mol. The van der Waals surface area contributed by atoms with Crippen molar-refractivity contribution in [3.8, 4) is 11.5 Å². The molecular formula is C20H15ClFN3O4S. The molecule has 0 aliphatic carbocycles. The zero-order chi connectivity index (χ0) is 21.1. The zero-order valence-electron chi connectivity index (χ0n) is 15.4. The van der Waals surface area contributed by atoms with Gasteiger partial charge in [0.05, 0.1) is 19.4 Å². The molecule has 154 valence electrons. The summed E-state index contributed by atoms with van der Waals surface area (Å²) in [6, 6.07) is 15.2. The van der Waals surface area contributed by atoms with Crippen molar-refractivity contribution in [2.45, 2.75) is 18.0 Å². The molecule has 0 saturated carbocycles. The van der Waals surface area contributed by atoms with E-state index in [9.17, 15) is 12.8 Å². The van der Waals surface area contributed by atoms with Crippen LogP contribution >= 0.6 is 11.6 Å². The number of hydrogen-bond acceptors (Lipinski definition) is 6. The van der Waals surface area contributed by atoms with Crippen LogP contribution in [0.3, 0.4) is 0 Å². The quantitative estimate of drug-likeness (QED) is 0.414. The summed E-state index contributed by atoms with van der Waals surface area (Å²) in [6.45, 7) is -0.402. The van der Waals surface area contributed by atoms with Gasteiger partial charge in [-0.3, -0.25) is 0 Å². The highest BCUT2D eigenvalue weighted by molar-refractivity contribution is 7.89. The van der Waals surface area contributed by atoms with Gasteiger partial charge in [0.2, 0.25) is 21.8 Å². The topological polar surface area (TPSA) is 89.4 Å². The number of aromatic nitrogens is 2. The van der Waals surface area contributed by atoms with Crippen LogP contribution in [-0.2, 0) is 23.1 Å². The number of benzene rings is 2. The Labute approximate surface area is 176 Å². The molecule has 2 heterocycles. The van der Waals surface area contributed by atoms with E-state index in [0.29, 0.717) is 16.3 Å². The Hall–Kier alpha value is -3.01. The molecule has 0 atom stereocenters. The largest absolute Gasteiger partial charge is 0.468 e. The van der Waals surface area contributed by atoms with Crippen LogP contribution in [0.5, 0.6) is 0 Å². The number of furan rings is 1. The van der Waals surface area contributed by atoms with E-state index in [1.54, 1.807) is 36.4 Å². The SMILES string of the molecule is O=S(=O)(c1ccccc1F)N(Cc1ccco1)Cc1nnc(-c2ccc(Cl)cc2)o1. The Morgan fingerprint density at radius 1 is 0.967 bits per heavy atom. The van der Waals surface area contributed by atoms with E-state index in [4.69, 9.17) is 20.4 Å². The summed E-state index contributed by atoms with van der Waals surface area (Å²) in [5, 5.41) is 8.45. The highest BCUT2D eigenvalue weighted by Gasteiger charge is 2.30. The van der Waals surface area contributed by atoms with Crippen molar-refractivity contribution < 1.29 is 21.6 Å². The van der Waals surface area contributed by atoms with E-state index in [0.717, 1.165) is 10.4 Å². The summed E-state index contributed by atoms with van der Waals surface area (Å²) in [5.41, 5.74) is 0.632. The summed E-state index contributed by atoms with van der Waals surface area (Å²) in [4.78, 5) is -0.450. The predicted octanol–water partition coefficient (Wildman–Crippen LogP) is 4.51. The maximum atomic E-state index is 14.2. The van der Waals surface area contributed by atoms with Crippen LogP contribution in [0.1, 0.15) is 11.7 Å². The van der Waals surface area contributed by atoms with E-state index in [2.05, 4.69) is 10.2 Å². The van der Waals surface area contributed by atoms with Gasteiger partial charge in [-0.1, -0.05) is 23.7 Å². The van der Waals surface area contributed by atoms with Crippen LogP contribution in [0, 0.1) is 5.82 Å². The van der Waals surface area contributed by atoms with Gasteiger partial charge >= 0.3 is 0 Å². The lowest BCUT2D eigenvalue weighted by atomic mass is 10.2. The molecule has 0 saturated heterocycles. The van der Waals surface area contributed by atoms with E-state index >= 15 is 0 Å². The minimum absolute atomic E-state index is 0.0476. The number of nitrogens with zero attached hydrogens (tertiary/aromatic N) is 3. The molecule has 0 bridgehead atoms. The van der Waals surface area contributed by atoms with E-state index in [-0.39, 0.29) is 24.9 Å². The average molecular weight is 448 g/mol. The minimum atomic E-state index is -4.21. The van der Waals surface area contributed by atoms with Gasteiger partial charge in [0.25, 0.3) is 0 Å². The molecular weight excluding hydrogens is 433 g/mol. The molecule has 0 amide bonds. The van der Waals surface area contributed by atoms with E-state index in [1.807, 2.05) is 0 Å². The second-order valence-corrected chi connectivity index (χ2v) is 8.63. The lowest BCUT2D eigenvalue weighted by Crippen LogP contribution is -2.31. The van der Waals surface area contributed by atoms with Crippen molar-refractivity contribution in [3.63, 3.8) is 0 Å². The molecule has 0 unspecified atom stereocenters. The average Bonchev–Trinajstić information content (AvgIpc) is 3.40. The van der Waals surface area contributed by atoms with Crippen molar-refractivity contribution in [1.82, 2.24) is 14.5 Å². The van der Waals surface area contributed by atoms with Gasteiger partial charge in [0, 0.05) is 10.6 Å². The van der Waals surface area contributed by atoms with E-state index < -0.39 is 20.7 Å². The van der Waals surface area contributed by atoms with Crippen LogP contribution in [0.2, 0.25) is 5.02 Å². The zero-order valence-corrected chi connectivity index (χ0v) is 17.0. The van der Waals surface area contributed by atoms with Crippen LogP contribution in [-0.4, -0.2) is 22.9 Å². The second kappa shape index (κ2) is 8.39. The molecule has 2 aromatic heterocycles. The standard InChI is InChI=1S/C20H15ClFN3O4S/c21-15-9-7-14(8-10-15)20-24-23-19(29-20)13-25(12-16-4-3-11-28-16)30(26,27)18-6-2-1-5-17(18)22/h1-11H,12-13H2. The molecule has 0 N–H and O–H groups in total. The molecule has 0 aliphatic rings. The summed E-state index contributed by atoms with van der Waals surface area (Å²) in [6.07, 6.45) is 1.43. The highest BCUT2D eigenvalue weighted by Crippen LogP contribution is 2.25. The van der Waals surface area contributed by atoms with Crippen LogP contribution in [0.4, 0.5) is 4.39 Å². The first kappa shape index (κ1) is 20.3. The Morgan fingerprint density at radius 3 is 2.43 bits per heavy atom. The van der Waals surface area contributed by atoms with Crippen molar-refractivity contribution in [2.24, 2.45) is 0 Å². The molecule has 0 radical (unpaired) electrons. The van der Waals surface area contributed by atoms with Crippen molar-refractivity contribution in [2.75, 3.05) is 0 Å². The normalized spacial score (nSPS) is 11.8. The summed E-state index contributed by atoms with van der Waals surface area (Å²) in [7, 11) is -4.21. The van der Waals surface area contributed by atoms with Crippen LogP contribution in [0.25, 0.3) is 11.5 Å². The third-order valence-corrected chi connectivity index (χ3v) is 6.31. The van der Waals surface area contributed by atoms with Crippen molar-refractivity contribution in [1.29, 1.82) is 0 Å². The second-order valence-electron chi connectivity index (χ2n) is 6.29. The van der Waals surface area contributed by atoms with Gasteiger partial charge < -0.3 is 8.83 Å². The Bertz CT molecular complexity index is 1240. The number of sulfonamides is 1. The van der Waals surface area contributed by atoms with Gasteiger partial charge in [-0.15, -0.1) is 10.2 Å². The third-order valence-electron chi connectivity index (χ3n) is 4.24. The lowest BCUT2D eigenvalue weighted by Gasteiger charge is -2.19. The van der Waals surface area contributed by atoms with Crippen LogP contribution < -0.4 is 0 Å². The number of hydrogen-bond donors (Lipinski definition) is 0. The maximum absolute atomic E-state index is 14.2. The molecule has 10 heteroatoms. The first-order valence-electron chi connectivity index (χ1n) is 8.79. The number of rotatable bonds is 7. The molecule has 4 aromatic rings. The Morgan fingerprint density at radius 2 is 1.73 bits per heavy atom. The smallest absolute Gasteiger partial charge is 0.247 e. The third kappa shape index (κ3) is 4.28. The fourth-order valence-electron chi connectivity index (χ4n) is 2.77. The van der Waals surface area contributed by atoms with E-state index in [1.165, 1.54) is 24.5 Å². The molecule has 4 rings (SSSR count). The Kier molecular flexibility index (Phi) is 5.67. The molecule has 0 spiro atoms. The fraction of sp³-hybridized carbons (Fsp3) is 0.100. The van der Waals surface area contributed by atoms with Gasteiger partial charge in [-0.25, -0.2) is 12.8 Å². The molecule has 0 aliphatic heterocycles. The minimum Gasteiger partial charge on any atom is -0.468 e. The van der Waals surface area contributed by atoms with Gasteiger partial charge in [-0.05, 0) is 48.5 Å². The number of halogens is 2. The molecule has 2 aromatic carbocycles. The fourth-order valence-corrected chi connectivity index (χ4v) is 4.32. The Balaban J connectivity index is 1.66. The first-order chi connectivity index (χ1) is 14.4. The monoisotopic (exact) mass is 447 g/mol. The van der Waals surface area contributed by atoms with Gasteiger partial charge in [0.1, 0.15) is 16.5 Å². The summed E-state index contributed by atoms with van der Waals surface area (Å²) in [5.74, 6) is -0.212. The highest BCUT2D eigenvalue weighted by atomic mass is 35.5.